The molecule has 24 heavy (non-hydrogen) atoms. The van der Waals surface area contributed by atoms with E-state index in [2.05, 4.69) is 5.10 Å². The first kappa shape index (κ1) is 15.7. The fraction of sp³-hybridized carbons (Fsp3) is 0.100. The van der Waals surface area contributed by atoms with E-state index in [1.165, 1.54) is 0 Å². The third-order valence-corrected chi connectivity index (χ3v) is 3.48. The van der Waals surface area contributed by atoms with Gasteiger partial charge in [-0.25, -0.2) is 4.68 Å². The first-order valence-electron chi connectivity index (χ1n) is 7.81. The minimum atomic E-state index is -0.0657. The number of ketones is 1. The number of allylic oxidation sites excluding steroid dienone is 1. The van der Waals surface area contributed by atoms with E-state index in [9.17, 15) is 4.79 Å². The number of aromatic nitrogens is 2. The van der Waals surface area contributed by atoms with Crippen molar-refractivity contribution in [2.75, 3.05) is 6.61 Å². The van der Waals surface area contributed by atoms with Gasteiger partial charge in [0.15, 0.2) is 5.78 Å². The summed E-state index contributed by atoms with van der Waals surface area (Å²) in [6, 6.07) is 17.0. The van der Waals surface area contributed by atoms with Gasteiger partial charge in [0.25, 0.3) is 0 Å². The van der Waals surface area contributed by atoms with Crippen LogP contribution >= 0.6 is 0 Å². The number of benzene rings is 2. The zero-order chi connectivity index (χ0) is 16.8. The second-order valence-electron chi connectivity index (χ2n) is 5.21. The number of nitrogens with zero attached hydrogens (tertiary/aromatic N) is 2. The van der Waals surface area contributed by atoms with Crippen LogP contribution in [0.2, 0.25) is 0 Å². The molecule has 3 aromatic rings. The number of rotatable bonds is 6. The molecule has 0 saturated carbocycles. The molecule has 0 radical (unpaired) electrons. The number of carbonyl (C=O) groups is 1. The molecule has 0 N–H and O–H groups in total. The van der Waals surface area contributed by atoms with Crippen LogP contribution in [0, 0.1) is 0 Å². The lowest BCUT2D eigenvalue weighted by Gasteiger charge is -2.03. The van der Waals surface area contributed by atoms with Crippen LogP contribution in [-0.4, -0.2) is 22.2 Å². The highest BCUT2D eigenvalue weighted by Gasteiger charge is 2.04. The van der Waals surface area contributed by atoms with Gasteiger partial charge in [-0.2, -0.15) is 5.10 Å². The molecular formula is C20H18N2O2. The van der Waals surface area contributed by atoms with Gasteiger partial charge in [-0.05, 0) is 43.3 Å². The minimum Gasteiger partial charge on any atom is -0.494 e. The van der Waals surface area contributed by atoms with Gasteiger partial charge in [-0.1, -0.05) is 30.3 Å². The van der Waals surface area contributed by atoms with Crippen LogP contribution in [0.3, 0.4) is 0 Å². The van der Waals surface area contributed by atoms with Gasteiger partial charge in [-0.15, -0.1) is 0 Å². The molecule has 0 unspecified atom stereocenters. The first-order valence-corrected chi connectivity index (χ1v) is 7.81. The molecule has 0 spiro atoms. The first-order chi connectivity index (χ1) is 11.8. The fourth-order valence-electron chi connectivity index (χ4n) is 2.32. The van der Waals surface area contributed by atoms with Crippen LogP contribution < -0.4 is 4.74 Å². The van der Waals surface area contributed by atoms with Crippen LogP contribution in [0.4, 0.5) is 0 Å². The number of para-hydroxylation sites is 1. The van der Waals surface area contributed by atoms with Crippen LogP contribution in [0.15, 0.2) is 73.1 Å². The molecule has 0 aliphatic rings. The van der Waals surface area contributed by atoms with Gasteiger partial charge < -0.3 is 4.74 Å². The van der Waals surface area contributed by atoms with Crippen molar-refractivity contribution >= 4 is 11.9 Å². The lowest BCUT2D eigenvalue weighted by Crippen LogP contribution is -1.96. The van der Waals surface area contributed by atoms with E-state index < -0.39 is 0 Å². The van der Waals surface area contributed by atoms with Crippen LogP contribution in [0.5, 0.6) is 5.75 Å². The monoisotopic (exact) mass is 318 g/mol. The summed E-state index contributed by atoms with van der Waals surface area (Å²) in [6.07, 6.45) is 6.93. The van der Waals surface area contributed by atoms with Crippen molar-refractivity contribution in [2.45, 2.75) is 6.92 Å². The molecule has 3 rings (SSSR count). The van der Waals surface area contributed by atoms with Crippen molar-refractivity contribution in [3.05, 3.63) is 84.2 Å². The summed E-state index contributed by atoms with van der Waals surface area (Å²) in [5.41, 5.74) is 2.45. The number of hydrogen-bond acceptors (Lipinski definition) is 3. The van der Waals surface area contributed by atoms with Crippen LogP contribution in [0.25, 0.3) is 11.8 Å². The van der Waals surface area contributed by atoms with Crippen molar-refractivity contribution in [1.29, 1.82) is 0 Å². The number of carbonyl (C=O) groups excluding carboxylic acids is 1. The maximum atomic E-state index is 12.3. The Morgan fingerprint density at radius 1 is 1.17 bits per heavy atom. The molecule has 0 bridgehead atoms. The maximum absolute atomic E-state index is 12.3. The molecule has 4 nitrogen and oxygen atoms in total. The van der Waals surface area contributed by atoms with E-state index in [1.807, 2.05) is 55.6 Å². The second-order valence-corrected chi connectivity index (χ2v) is 5.21. The Kier molecular flexibility index (Phi) is 4.87. The Labute approximate surface area is 141 Å². The van der Waals surface area contributed by atoms with Crippen LogP contribution in [-0.2, 0) is 0 Å². The van der Waals surface area contributed by atoms with Crippen molar-refractivity contribution in [2.24, 2.45) is 0 Å². The Morgan fingerprint density at radius 2 is 2.00 bits per heavy atom. The van der Waals surface area contributed by atoms with E-state index in [1.54, 1.807) is 35.2 Å². The lowest BCUT2D eigenvalue weighted by atomic mass is 10.1. The van der Waals surface area contributed by atoms with Crippen molar-refractivity contribution in [3.8, 4) is 11.4 Å². The van der Waals surface area contributed by atoms with Gasteiger partial charge >= 0.3 is 0 Å². The predicted molar refractivity (Wildman–Crippen MR) is 94.5 cm³/mol. The van der Waals surface area contributed by atoms with E-state index in [0.29, 0.717) is 17.9 Å². The Balaban J connectivity index is 1.73. The van der Waals surface area contributed by atoms with Gasteiger partial charge in [0, 0.05) is 17.3 Å². The molecule has 1 heterocycles. The third kappa shape index (κ3) is 3.79. The molecule has 4 heteroatoms. The standard InChI is InChI=1S/C20H18N2O2/c1-2-24-19-10-6-7-17(13-19)20(23)12-11-16-14-21-22(15-16)18-8-4-3-5-9-18/h3-15H,2H2,1H3. The molecule has 0 fully saturated rings. The smallest absolute Gasteiger partial charge is 0.185 e. The summed E-state index contributed by atoms with van der Waals surface area (Å²) in [5, 5.41) is 4.31. The normalized spacial score (nSPS) is 10.9. The average molecular weight is 318 g/mol. The van der Waals surface area contributed by atoms with Gasteiger partial charge in [-0.3, -0.25) is 4.79 Å². The number of ether oxygens (including phenoxy) is 1. The van der Waals surface area contributed by atoms with Crippen LogP contribution in [0.1, 0.15) is 22.8 Å². The SMILES string of the molecule is CCOc1cccc(C(=O)C=Cc2cnn(-c3ccccc3)c2)c1. The van der Waals surface area contributed by atoms with Crippen molar-refractivity contribution < 1.29 is 9.53 Å². The Bertz CT molecular complexity index is 851. The lowest BCUT2D eigenvalue weighted by molar-refractivity contribution is 0.104. The summed E-state index contributed by atoms with van der Waals surface area (Å²) >= 11 is 0. The maximum Gasteiger partial charge on any atom is 0.185 e. The van der Waals surface area contributed by atoms with Gasteiger partial charge in [0.05, 0.1) is 18.5 Å². The van der Waals surface area contributed by atoms with Crippen molar-refractivity contribution in [3.63, 3.8) is 0 Å². The number of hydrogen-bond donors (Lipinski definition) is 0. The molecule has 0 amide bonds. The Morgan fingerprint density at radius 3 is 2.79 bits per heavy atom. The molecule has 0 aliphatic heterocycles. The van der Waals surface area contributed by atoms with E-state index in [-0.39, 0.29) is 5.78 Å². The molecule has 0 atom stereocenters. The largest absolute Gasteiger partial charge is 0.494 e. The van der Waals surface area contributed by atoms with E-state index >= 15 is 0 Å². The summed E-state index contributed by atoms with van der Waals surface area (Å²) in [5.74, 6) is 0.637. The molecule has 120 valence electrons. The fourth-order valence-corrected chi connectivity index (χ4v) is 2.32. The van der Waals surface area contributed by atoms with Crippen molar-refractivity contribution in [1.82, 2.24) is 9.78 Å². The zero-order valence-corrected chi connectivity index (χ0v) is 13.4. The summed E-state index contributed by atoms with van der Waals surface area (Å²) in [6.45, 7) is 2.49. The molecule has 0 saturated heterocycles. The second kappa shape index (κ2) is 7.42. The summed E-state index contributed by atoms with van der Waals surface area (Å²) in [4.78, 5) is 12.3. The molecular weight excluding hydrogens is 300 g/mol. The summed E-state index contributed by atoms with van der Waals surface area (Å²) in [7, 11) is 0. The third-order valence-electron chi connectivity index (χ3n) is 3.48. The van der Waals surface area contributed by atoms with Gasteiger partial charge in [0.2, 0.25) is 0 Å². The Hall–Kier alpha value is -3.14. The topological polar surface area (TPSA) is 44.1 Å². The quantitative estimate of drug-likeness (QED) is 0.506. The molecule has 0 aliphatic carbocycles. The minimum absolute atomic E-state index is 0.0657. The highest BCUT2D eigenvalue weighted by molar-refractivity contribution is 6.07. The molecule has 2 aromatic carbocycles. The highest BCUT2D eigenvalue weighted by Crippen LogP contribution is 2.15. The van der Waals surface area contributed by atoms with E-state index in [4.69, 9.17) is 4.74 Å². The average Bonchev–Trinajstić information content (AvgIpc) is 3.10. The molecule has 1 aromatic heterocycles. The highest BCUT2D eigenvalue weighted by atomic mass is 16.5. The zero-order valence-electron chi connectivity index (χ0n) is 13.4. The van der Waals surface area contributed by atoms with Gasteiger partial charge in [0.1, 0.15) is 5.75 Å². The van der Waals surface area contributed by atoms with E-state index in [0.717, 1.165) is 11.3 Å². The predicted octanol–water partition coefficient (Wildman–Crippen LogP) is 4.17. The summed E-state index contributed by atoms with van der Waals surface area (Å²) < 4.78 is 7.20.